The number of nitrogens with zero attached hydrogens (tertiary/aromatic N) is 1. The topological polar surface area (TPSA) is 32.3 Å². The van der Waals surface area contributed by atoms with Crippen molar-refractivity contribution in [3.05, 3.63) is 24.3 Å². The Kier molecular flexibility index (Phi) is 3.68. The van der Waals surface area contributed by atoms with Crippen LogP contribution >= 0.6 is 0 Å². The van der Waals surface area contributed by atoms with Crippen molar-refractivity contribution in [1.29, 1.82) is 0 Å². The van der Waals surface area contributed by atoms with Gasteiger partial charge in [-0.25, -0.2) is 0 Å². The van der Waals surface area contributed by atoms with E-state index >= 15 is 0 Å². The van der Waals surface area contributed by atoms with Gasteiger partial charge in [-0.05, 0) is 43.2 Å². The van der Waals surface area contributed by atoms with Crippen molar-refractivity contribution in [3.63, 3.8) is 0 Å². The van der Waals surface area contributed by atoms with E-state index in [0.29, 0.717) is 0 Å². The molecule has 2 atom stereocenters. The van der Waals surface area contributed by atoms with Gasteiger partial charge >= 0.3 is 0 Å². The summed E-state index contributed by atoms with van der Waals surface area (Å²) in [6, 6.07) is 9.40. The molecule has 1 aliphatic carbocycles. The minimum atomic E-state index is 0.152. The molecule has 1 saturated heterocycles. The molecule has 1 saturated carbocycles. The lowest BCUT2D eigenvalue weighted by atomic mass is 9.91. The van der Waals surface area contributed by atoms with Crippen molar-refractivity contribution in [2.75, 3.05) is 23.3 Å². The van der Waals surface area contributed by atoms with E-state index in [-0.39, 0.29) is 11.8 Å². The van der Waals surface area contributed by atoms with Gasteiger partial charge in [0.15, 0.2) is 0 Å². The minimum absolute atomic E-state index is 0.152. The van der Waals surface area contributed by atoms with Gasteiger partial charge in [0.1, 0.15) is 0 Å². The fourth-order valence-electron chi connectivity index (χ4n) is 3.15. The van der Waals surface area contributed by atoms with Crippen molar-refractivity contribution < 1.29 is 4.79 Å². The molecule has 3 heteroatoms. The molecule has 3 rings (SSSR count). The van der Waals surface area contributed by atoms with Gasteiger partial charge in [-0.3, -0.25) is 4.79 Å². The molecule has 20 heavy (non-hydrogen) atoms. The normalized spacial score (nSPS) is 26.4. The molecule has 1 N–H and O–H groups in total. The first-order valence-corrected chi connectivity index (χ1v) is 7.70. The summed E-state index contributed by atoms with van der Waals surface area (Å²) < 4.78 is 0. The molecule has 2 unspecified atom stereocenters. The molecule has 107 valence electrons. The first kappa shape index (κ1) is 13.5. The summed E-state index contributed by atoms with van der Waals surface area (Å²) in [7, 11) is 0. The highest BCUT2D eigenvalue weighted by atomic mass is 16.2. The second kappa shape index (κ2) is 5.47. The molecule has 1 aromatic carbocycles. The van der Waals surface area contributed by atoms with Crippen molar-refractivity contribution in [3.8, 4) is 0 Å². The minimum Gasteiger partial charge on any atom is -0.370 e. The van der Waals surface area contributed by atoms with Gasteiger partial charge in [-0.1, -0.05) is 19.9 Å². The summed E-state index contributed by atoms with van der Waals surface area (Å²) in [5.74, 6) is 1.83. The smallest absolute Gasteiger partial charge is 0.227 e. The van der Waals surface area contributed by atoms with Crippen LogP contribution in [0.15, 0.2) is 18.2 Å². The van der Waals surface area contributed by atoms with Gasteiger partial charge < -0.3 is 10.2 Å². The third-order valence-electron chi connectivity index (χ3n) is 4.20. The Hall–Kier alpha value is -1.51. The second-order valence-electron chi connectivity index (χ2n) is 6.56. The molecule has 0 bridgehead atoms. The highest BCUT2D eigenvalue weighted by Crippen LogP contribution is 2.31. The summed E-state index contributed by atoms with van der Waals surface area (Å²) >= 11 is 0. The van der Waals surface area contributed by atoms with Crippen LogP contribution in [0.3, 0.4) is 0 Å². The zero-order valence-electron chi connectivity index (χ0n) is 12.4. The van der Waals surface area contributed by atoms with Crippen molar-refractivity contribution in [1.82, 2.24) is 0 Å². The number of hydrogen-bond donors (Lipinski definition) is 1. The van der Waals surface area contributed by atoms with E-state index in [1.54, 1.807) is 0 Å². The van der Waals surface area contributed by atoms with Crippen molar-refractivity contribution in [2.45, 2.75) is 33.1 Å². The Morgan fingerprint density at radius 1 is 1.25 bits per heavy atom. The van der Waals surface area contributed by atoms with Crippen LogP contribution in [0.25, 0.3) is 0 Å². The number of rotatable bonds is 3. The average Bonchev–Trinajstić information content (AvgIpc) is 3.22. The summed E-state index contributed by atoms with van der Waals surface area (Å²) in [5.41, 5.74) is 1.92. The van der Waals surface area contributed by atoms with Crippen LogP contribution < -0.4 is 10.2 Å². The van der Waals surface area contributed by atoms with E-state index in [0.717, 1.165) is 49.1 Å². The molecular formula is C17H23N2O. The summed E-state index contributed by atoms with van der Waals surface area (Å²) in [4.78, 5) is 14.2. The van der Waals surface area contributed by atoms with Gasteiger partial charge in [0, 0.05) is 30.8 Å². The molecule has 1 amide bonds. The van der Waals surface area contributed by atoms with Crippen LogP contribution in [0, 0.1) is 23.8 Å². The van der Waals surface area contributed by atoms with Crippen molar-refractivity contribution in [2.24, 2.45) is 17.8 Å². The Morgan fingerprint density at radius 2 is 1.95 bits per heavy atom. The zero-order valence-corrected chi connectivity index (χ0v) is 12.4. The fraction of sp³-hybridized carbons (Fsp3) is 0.588. The number of nitrogens with one attached hydrogen (secondary N) is 1. The first-order valence-electron chi connectivity index (χ1n) is 7.70. The SMILES string of the molecule is CC1CC(C)CN(c2[c]c(NC(=O)C3CC3)ccc2)C1. The van der Waals surface area contributed by atoms with Gasteiger partial charge in [-0.2, -0.15) is 0 Å². The number of anilines is 2. The molecule has 2 fully saturated rings. The maximum Gasteiger partial charge on any atom is 0.227 e. The number of hydrogen-bond acceptors (Lipinski definition) is 2. The Morgan fingerprint density at radius 3 is 2.60 bits per heavy atom. The molecule has 1 aliphatic heterocycles. The summed E-state index contributed by atoms with van der Waals surface area (Å²) in [5, 5.41) is 2.98. The molecular weight excluding hydrogens is 248 g/mol. The summed E-state index contributed by atoms with van der Waals surface area (Å²) in [6.45, 7) is 6.78. The van der Waals surface area contributed by atoms with Crippen LogP contribution in [-0.2, 0) is 4.79 Å². The van der Waals surface area contributed by atoms with E-state index in [1.165, 1.54) is 6.42 Å². The van der Waals surface area contributed by atoms with E-state index in [2.05, 4.69) is 36.2 Å². The van der Waals surface area contributed by atoms with Crippen LogP contribution in [0.2, 0.25) is 0 Å². The number of carbonyl (C=O) groups excluding carboxylic acids is 1. The maximum absolute atomic E-state index is 11.8. The van der Waals surface area contributed by atoms with E-state index < -0.39 is 0 Å². The number of carbonyl (C=O) groups is 1. The number of benzene rings is 1. The molecule has 1 aromatic rings. The summed E-state index contributed by atoms with van der Waals surface area (Å²) in [6.07, 6.45) is 3.37. The van der Waals surface area contributed by atoms with Gasteiger partial charge in [-0.15, -0.1) is 0 Å². The number of piperidine rings is 1. The van der Waals surface area contributed by atoms with Gasteiger partial charge in [0.2, 0.25) is 5.91 Å². The monoisotopic (exact) mass is 271 g/mol. The molecule has 1 radical (unpaired) electrons. The Balaban J connectivity index is 1.71. The fourth-order valence-corrected chi connectivity index (χ4v) is 3.15. The lowest BCUT2D eigenvalue weighted by Gasteiger charge is -2.36. The van der Waals surface area contributed by atoms with E-state index in [1.807, 2.05) is 12.1 Å². The van der Waals surface area contributed by atoms with Crippen LogP contribution in [0.1, 0.15) is 33.1 Å². The Bertz CT molecular complexity index is 486. The average molecular weight is 271 g/mol. The van der Waals surface area contributed by atoms with E-state index in [9.17, 15) is 4.79 Å². The van der Waals surface area contributed by atoms with Crippen LogP contribution in [-0.4, -0.2) is 19.0 Å². The molecule has 0 aromatic heterocycles. The second-order valence-corrected chi connectivity index (χ2v) is 6.56. The predicted molar refractivity (Wildman–Crippen MR) is 81.8 cm³/mol. The van der Waals surface area contributed by atoms with Crippen LogP contribution in [0.5, 0.6) is 0 Å². The van der Waals surface area contributed by atoms with E-state index in [4.69, 9.17) is 0 Å². The molecule has 1 heterocycles. The third-order valence-corrected chi connectivity index (χ3v) is 4.20. The maximum atomic E-state index is 11.8. The Labute approximate surface area is 121 Å². The highest BCUT2D eigenvalue weighted by Gasteiger charge is 2.29. The number of amides is 1. The molecule has 3 nitrogen and oxygen atoms in total. The third kappa shape index (κ3) is 3.14. The molecule has 0 spiro atoms. The quantitative estimate of drug-likeness (QED) is 0.914. The zero-order chi connectivity index (χ0) is 14.1. The van der Waals surface area contributed by atoms with Crippen molar-refractivity contribution >= 4 is 17.3 Å². The first-order chi connectivity index (χ1) is 9.61. The standard InChI is InChI=1S/C17H23N2O/c1-12-8-13(2)11-19(10-12)16-5-3-4-15(9-16)18-17(20)14-6-7-14/h3-5,12-14H,6-8,10-11H2,1-2H3,(H,18,20). The highest BCUT2D eigenvalue weighted by molar-refractivity contribution is 5.94. The molecule has 2 aliphatic rings. The van der Waals surface area contributed by atoms with Gasteiger partial charge in [0.25, 0.3) is 0 Å². The largest absolute Gasteiger partial charge is 0.370 e. The van der Waals surface area contributed by atoms with Crippen LogP contribution in [0.4, 0.5) is 11.4 Å². The lowest BCUT2D eigenvalue weighted by Crippen LogP contribution is -2.38. The van der Waals surface area contributed by atoms with Gasteiger partial charge in [0.05, 0.1) is 5.69 Å². The predicted octanol–water partition coefficient (Wildman–Crippen LogP) is 3.32. The lowest BCUT2D eigenvalue weighted by molar-refractivity contribution is -0.117.